The smallest absolute Gasteiger partial charge is 0.0148 e. The molecule has 1 heteroatoms. The van der Waals surface area contributed by atoms with E-state index in [2.05, 4.69) is 31.8 Å². The summed E-state index contributed by atoms with van der Waals surface area (Å²) < 4.78 is 0. The van der Waals surface area contributed by atoms with Crippen molar-refractivity contribution in [3.8, 4) is 0 Å². The molecule has 0 aliphatic heterocycles. The number of aromatic nitrogens is 1. The third-order valence-electron chi connectivity index (χ3n) is 2.29. The van der Waals surface area contributed by atoms with Crippen LogP contribution in [0, 0.1) is 12.8 Å². The summed E-state index contributed by atoms with van der Waals surface area (Å²) in [6.45, 7) is 6.71. The fraction of sp³-hybridized carbons (Fsp3) is 0.636. The summed E-state index contributed by atoms with van der Waals surface area (Å²) in [5, 5.41) is 0. The van der Waals surface area contributed by atoms with E-state index in [4.69, 9.17) is 0 Å². The average molecular weight is 165 g/mol. The zero-order chi connectivity index (χ0) is 8.97. The van der Waals surface area contributed by atoms with Crippen LogP contribution in [-0.2, 0) is 6.42 Å². The molecule has 0 saturated carbocycles. The number of nitrogens with one attached hydrogen (secondary N) is 1. The Kier molecular flexibility index (Phi) is 3.39. The van der Waals surface area contributed by atoms with Gasteiger partial charge in [0.15, 0.2) is 0 Å². The minimum atomic E-state index is 0.837. The van der Waals surface area contributed by atoms with Crippen molar-refractivity contribution in [3.05, 3.63) is 23.5 Å². The van der Waals surface area contributed by atoms with Crippen LogP contribution in [0.3, 0.4) is 0 Å². The summed E-state index contributed by atoms with van der Waals surface area (Å²) in [5.41, 5.74) is 2.81. The Morgan fingerprint density at radius 3 is 2.67 bits per heavy atom. The molecule has 0 bridgehead atoms. The van der Waals surface area contributed by atoms with Crippen LogP contribution in [0.2, 0.25) is 0 Å². The first kappa shape index (κ1) is 9.37. The van der Waals surface area contributed by atoms with Crippen LogP contribution < -0.4 is 0 Å². The van der Waals surface area contributed by atoms with Gasteiger partial charge >= 0.3 is 0 Å². The Morgan fingerprint density at radius 1 is 1.42 bits per heavy atom. The van der Waals surface area contributed by atoms with Crippen molar-refractivity contribution in [2.45, 2.75) is 40.0 Å². The standard InChI is InChI=1S/C11H19N/c1-9(2)5-4-6-11-7-8-12-10(11)3/h7-9,12H,4-6H2,1-3H3. The van der Waals surface area contributed by atoms with Gasteiger partial charge in [0, 0.05) is 11.9 Å². The highest BCUT2D eigenvalue weighted by atomic mass is 14.7. The fourth-order valence-electron chi connectivity index (χ4n) is 1.46. The van der Waals surface area contributed by atoms with E-state index in [0.717, 1.165) is 5.92 Å². The lowest BCUT2D eigenvalue weighted by Gasteiger charge is -2.03. The Hall–Kier alpha value is -0.720. The number of aromatic amines is 1. The molecule has 0 saturated heterocycles. The molecule has 1 N–H and O–H groups in total. The number of H-pyrrole nitrogens is 1. The molecule has 12 heavy (non-hydrogen) atoms. The largest absolute Gasteiger partial charge is 0.365 e. The number of hydrogen-bond acceptors (Lipinski definition) is 0. The Labute approximate surface area is 75.2 Å². The van der Waals surface area contributed by atoms with Crippen LogP contribution in [0.4, 0.5) is 0 Å². The second-order valence-corrected chi connectivity index (χ2v) is 3.91. The highest BCUT2D eigenvalue weighted by Crippen LogP contribution is 2.12. The Balaban J connectivity index is 2.29. The molecule has 0 aliphatic carbocycles. The number of hydrogen-bond donors (Lipinski definition) is 1. The molecule has 0 unspecified atom stereocenters. The van der Waals surface area contributed by atoms with E-state index in [0.29, 0.717) is 0 Å². The minimum Gasteiger partial charge on any atom is -0.365 e. The van der Waals surface area contributed by atoms with Crippen LogP contribution in [0.25, 0.3) is 0 Å². The van der Waals surface area contributed by atoms with E-state index in [-0.39, 0.29) is 0 Å². The van der Waals surface area contributed by atoms with Gasteiger partial charge in [0.05, 0.1) is 0 Å². The molecule has 0 atom stereocenters. The first-order chi connectivity index (χ1) is 5.70. The molecular formula is C11H19N. The van der Waals surface area contributed by atoms with E-state index in [1.807, 2.05) is 6.20 Å². The summed E-state index contributed by atoms with van der Waals surface area (Å²) in [6, 6.07) is 2.19. The van der Waals surface area contributed by atoms with E-state index in [9.17, 15) is 0 Å². The zero-order valence-electron chi connectivity index (χ0n) is 8.35. The predicted molar refractivity (Wildman–Crippen MR) is 53.3 cm³/mol. The number of rotatable bonds is 4. The van der Waals surface area contributed by atoms with E-state index in [1.54, 1.807) is 0 Å². The molecule has 0 fully saturated rings. The molecule has 0 amide bonds. The maximum atomic E-state index is 3.21. The molecule has 1 aromatic rings. The first-order valence-corrected chi connectivity index (χ1v) is 4.83. The summed E-state index contributed by atoms with van der Waals surface area (Å²) in [4.78, 5) is 3.21. The van der Waals surface area contributed by atoms with Crippen molar-refractivity contribution >= 4 is 0 Å². The zero-order valence-corrected chi connectivity index (χ0v) is 8.35. The van der Waals surface area contributed by atoms with Gasteiger partial charge in [-0.25, -0.2) is 0 Å². The lowest BCUT2D eigenvalue weighted by atomic mass is 10.0. The highest BCUT2D eigenvalue weighted by Gasteiger charge is 1.99. The fourth-order valence-corrected chi connectivity index (χ4v) is 1.46. The van der Waals surface area contributed by atoms with Crippen LogP contribution in [0.5, 0.6) is 0 Å². The average Bonchev–Trinajstić information content (AvgIpc) is 2.36. The van der Waals surface area contributed by atoms with Gasteiger partial charge in [-0.15, -0.1) is 0 Å². The molecule has 68 valence electrons. The third kappa shape index (κ3) is 2.72. The molecule has 0 aromatic carbocycles. The maximum absolute atomic E-state index is 3.21. The molecule has 1 nitrogen and oxygen atoms in total. The lowest BCUT2D eigenvalue weighted by Crippen LogP contribution is -1.91. The van der Waals surface area contributed by atoms with Crippen LogP contribution >= 0.6 is 0 Å². The van der Waals surface area contributed by atoms with Crippen LogP contribution in [0.1, 0.15) is 37.9 Å². The second-order valence-electron chi connectivity index (χ2n) is 3.91. The maximum Gasteiger partial charge on any atom is 0.0148 e. The predicted octanol–water partition coefficient (Wildman–Crippen LogP) is 3.30. The van der Waals surface area contributed by atoms with Crippen LogP contribution in [0.15, 0.2) is 12.3 Å². The summed E-state index contributed by atoms with van der Waals surface area (Å²) in [5.74, 6) is 0.837. The van der Waals surface area contributed by atoms with Gasteiger partial charge in [-0.3, -0.25) is 0 Å². The molecule has 1 heterocycles. The van der Waals surface area contributed by atoms with Crippen molar-refractivity contribution in [1.82, 2.24) is 4.98 Å². The van der Waals surface area contributed by atoms with Crippen molar-refractivity contribution in [1.29, 1.82) is 0 Å². The lowest BCUT2D eigenvalue weighted by molar-refractivity contribution is 0.555. The van der Waals surface area contributed by atoms with Crippen molar-refractivity contribution < 1.29 is 0 Å². The van der Waals surface area contributed by atoms with Crippen LogP contribution in [-0.4, -0.2) is 4.98 Å². The monoisotopic (exact) mass is 165 g/mol. The van der Waals surface area contributed by atoms with Gasteiger partial charge in [0.2, 0.25) is 0 Å². The van der Waals surface area contributed by atoms with E-state index in [1.165, 1.54) is 30.5 Å². The molecule has 1 rings (SSSR count). The highest BCUT2D eigenvalue weighted by molar-refractivity contribution is 5.18. The number of aryl methyl sites for hydroxylation is 2. The minimum absolute atomic E-state index is 0.837. The molecule has 0 radical (unpaired) electrons. The van der Waals surface area contributed by atoms with Gasteiger partial charge in [0.1, 0.15) is 0 Å². The van der Waals surface area contributed by atoms with E-state index < -0.39 is 0 Å². The third-order valence-corrected chi connectivity index (χ3v) is 2.29. The molecule has 0 spiro atoms. The Bertz CT molecular complexity index is 223. The first-order valence-electron chi connectivity index (χ1n) is 4.83. The molecule has 1 aromatic heterocycles. The van der Waals surface area contributed by atoms with Gasteiger partial charge in [-0.1, -0.05) is 20.3 Å². The molecular weight excluding hydrogens is 146 g/mol. The van der Waals surface area contributed by atoms with Gasteiger partial charge in [-0.05, 0) is 37.3 Å². The second kappa shape index (κ2) is 4.34. The van der Waals surface area contributed by atoms with Crippen molar-refractivity contribution in [2.24, 2.45) is 5.92 Å². The van der Waals surface area contributed by atoms with Crippen molar-refractivity contribution in [3.63, 3.8) is 0 Å². The van der Waals surface area contributed by atoms with Crippen molar-refractivity contribution in [2.75, 3.05) is 0 Å². The Morgan fingerprint density at radius 2 is 2.17 bits per heavy atom. The quantitative estimate of drug-likeness (QED) is 0.704. The molecule has 0 aliphatic rings. The normalized spacial score (nSPS) is 11.0. The topological polar surface area (TPSA) is 15.8 Å². The van der Waals surface area contributed by atoms with Gasteiger partial charge in [-0.2, -0.15) is 0 Å². The van der Waals surface area contributed by atoms with Gasteiger partial charge in [0.25, 0.3) is 0 Å². The summed E-state index contributed by atoms with van der Waals surface area (Å²) in [7, 11) is 0. The van der Waals surface area contributed by atoms with E-state index >= 15 is 0 Å². The summed E-state index contributed by atoms with van der Waals surface area (Å²) in [6.07, 6.45) is 5.91. The van der Waals surface area contributed by atoms with Gasteiger partial charge < -0.3 is 4.98 Å². The SMILES string of the molecule is Cc1[nH]ccc1CCCC(C)C. The summed E-state index contributed by atoms with van der Waals surface area (Å²) >= 11 is 0.